The standard InChI is InChI=1S/C16H21N3O/c1-5-6-15(20)17-16-12(3)18-19(13(16)4)14-9-7-11(2)8-10-14/h7-10H,5-6H2,1-4H3,(H,17,20). The van der Waals surface area contributed by atoms with E-state index in [1.807, 2.05) is 37.6 Å². The predicted molar refractivity (Wildman–Crippen MR) is 81.3 cm³/mol. The fourth-order valence-corrected chi connectivity index (χ4v) is 2.19. The molecule has 1 aromatic heterocycles. The topological polar surface area (TPSA) is 46.9 Å². The summed E-state index contributed by atoms with van der Waals surface area (Å²) in [5.41, 5.74) is 4.84. The molecular formula is C16H21N3O. The maximum atomic E-state index is 11.8. The Bertz CT molecular complexity index is 611. The molecule has 0 bridgehead atoms. The third-order valence-corrected chi connectivity index (χ3v) is 3.31. The van der Waals surface area contributed by atoms with Gasteiger partial charge in [-0.15, -0.1) is 0 Å². The molecule has 0 unspecified atom stereocenters. The molecule has 4 heteroatoms. The van der Waals surface area contributed by atoms with Crippen molar-refractivity contribution in [3.05, 3.63) is 41.2 Å². The van der Waals surface area contributed by atoms with Crippen molar-refractivity contribution in [2.75, 3.05) is 5.32 Å². The first-order valence-electron chi connectivity index (χ1n) is 6.96. The number of amides is 1. The van der Waals surface area contributed by atoms with Crippen molar-refractivity contribution in [1.82, 2.24) is 9.78 Å². The Hall–Kier alpha value is -2.10. The first kappa shape index (κ1) is 14.3. The van der Waals surface area contributed by atoms with Gasteiger partial charge in [0.25, 0.3) is 0 Å². The maximum absolute atomic E-state index is 11.8. The van der Waals surface area contributed by atoms with Crippen LogP contribution in [-0.4, -0.2) is 15.7 Å². The predicted octanol–water partition coefficient (Wildman–Crippen LogP) is 3.54. The highest BCUT2D eigenvalue weighted by Crippen LogP contribution is 2.23. The van der Waals surface area contributed by atoms with E-state index in [0.29, 0.717) is 6.42 Å². The average Bonchev–Trinajstić information content (AvgIpc) is 2.68. The van der Waals surface area contributed by atoms with Gasteiger partial charge in [-0.2, -0.15) is 5.10 Å². The van der Waals surface area contributed by atoms with Gasteiger partial charge in [0.2, 0.25) is 5.91 Å². The summed E-state index contributed by atoms with van der Waals surface area (Å²) in [6, 6.07) is 8.18. The molecule has 4 nitrogen and oxygen atoms in total. The third-order valence-electron chi connectivity index (χ3n) is 3.31. The number of nitrogens with zero attached hydrogens (tertiary/aromatic N) is 2. The van der Waals surface area contributed by atoms with Crippen molar-refractivity contribution < 1.29 is 4.79 Å². The SMILES string of the molecule is CCCC(=O)Nc1c(C)nn(-c2ccc(C)cc2)c1C. The molecule has 0 saturated heterocycles. The Labute approximate surface area is 119 Å². The number of hydrogen-bond acceptors (Lipinski definition) is 2. The van der Waals surface area contributed by atoms with E-state index < -0.39 is 0 Å². The Kier molecular flexibility index (Phi) is 4.23. The number of carbonyl (C=O) groups is 1. The zero-order chi connectivity index (χ0) is 14.7. The van der Waals surface area contributed by atoms with E-state index in [2.05, 4.69) is 29.5 Å². The van der Waals surface area contributed by atoms with Gasteiger partial charge in [0, 0.05) is 6.42 Å². The second-order valence-corrected chi connectivity index (χ2v) is 5.09. The molecule has 1 amide bonds. The van der Waals surface area contributed by atoms with Gasteiger partial charge in [0.15, 0.2) is 0 Å². The number of hydrogen-bond donors (Lipinski definition) is 1. The van der Waals surface area contributed by atoms with Gasteiger partial charge in [-0.25, -0.2) is 4.68 Å². The Morgan fingerprint density at radius 3 is 2.45 bits per heavy atom. The van der Waals surface area contributed by atoms with Crippen LogP contribution in [0.4, 0.5) is 5.69 Å². The molecule has 0 aliphatic rings. The summed E-state index contributed by atoms with van der Waals surface area (Å²) in [4.78, 5) is 11.8. The van der Waals surface area contributed by atoms with E-state index in [1.165, 1.54) is 5.56 Å². The normalized spacial score (nSPS) is 10.6. The molecule has 0 saturated carbocycles. The molecule has 1 N–H and O–H groups in total. The molecule has 1 heterocycles. The van der Waals surface area contributed by atoms with Gasteiger partial charge in [-0.3, -0.25) is 4.79 Å². The number of carbonyl (C=O) groups excluding carboxylic acids is 1. The van der Waals surface area contributed by atoms with Crippen LogP contribution in [0.2, 0.25) is 0 Å². The minimum atomic E-state index is 0.0437. The first-order chi connectivity index (χ1) is 9.52. The molecule has 0 aliphatic heterocycles. The summed E-state index contributed by atoms with van der Waals surface area (Å²) >= 11 is 0. The lowest BCUT2D eigenvalue weighted by molar-refractivity contribution is -0.116. The van der Waals surface area contributed by atoms with Gasteiger partial charge in [-0.05, 0) is 39.3 Å². The quantitative estimate of drug-likeness (QED) is 0.924. The number of anilines is 1. The molecular weight excluding hydrogens is 250 g/mol. The Balaban J connectivity index is 2.33. The van der Waals surface area contributed by atoms with Gasteiger partial charge in [-0.1, -0.05) is 24.6 Å². The average molecular weight is 271 g/mol. The monoisotopic (exact) mass is 271 g/mol. The van der Waals surface area contributed by atoms with Crippen molar-refractivity contribution in [2.24, 2.45) is 0 Å². The lowest BCUT2D eigenvalue weighted by Gasteiger charge is -2.07. The van der Waals surface area contributed by atoms with Crippen LogP contribution in [0.3, 0.4) is 0 Å². The number of rotatable bonds is 4. The van der Waals surface area contributed by atoms with E-state index in [9.17, 15) is 4.79 Å². The second kappa shape index (κ2) is 5.90. The van der Waals surface area contributed by atoms with E-state index in [-0.39, 0.29) is 5.91 Å². The van der Waals surface area contributed by atoms with Crippen molar-refractivity contribution >= 4 is 11.6 Å². The van der Waals surface area contributed by atoms with Crippen LogP contribution < -0.4 is 5.32 Å². The smallest absolute Gasteiger partial charge is 0.224 e. The highest BCUT2D eigenvalue weighted by Gasteiger charge is 2.14. The van der Waals surface area contributed by atoms with Crippen molar-refractivity contribution in [2.45, 2.75) is 40.5 Å². The number of nitrogens with one attached hydrogen (secondary N) is 1. The van der Waals surface area contributed by atoms with Crippen LogP contribution in [0.25, 0.3) is 5.69 Å². The van der Waals surface area contributed by atoms with Crippen LogP contribution in [0, 0.1) is 20.8 Å². The molecule has 0 atom stereocenters. The third kappa shape index (κ3) is 2.90. The minimum Gasteiger partial charge on any atom is -0.323 e. The lowest BCUT2D eigenvalue weighted by Crippen LogP contribution is -2.12. The van der Waals surface area contributed by atoms with E-state index in [1.54, 1.807) is 0 Å². The fourth-order valence-electron chi connectivity index (χ4n) is 2.19. The van der Waals surface area contributed by atoms with Crippen LogP contribution in [0.1, 0.15) is 36.7 Å². The molecule has 2 rings (SSSR count). The Morgan fingerprint density at radius 1 is 1.20 bits per heavy atom. The fraction of sp³-hybridized carbons (Fsp3) is 0.375. The number of aryl methyl sites for hydroxylation is 2. The summed E-state index contributed by atoms with van der Waals surface area (Å²) in [5, 5.41) is 7.48. The zero-order valence-electron chi connectivity index (χ0n) is 12.5. The van der Waals surface area contributed by atoms with Crippen LogP contribution in [0.5, 0.6) is 0 Å². The number of benzene rings is 1. The summed E-state index contributed by atoms with van der Waals surface area (Å²) < 4.78 is 1.87. The van der Waals surface area contributed by atoms with Gasteiger partial charge >= 0.3 is 0 Å². The molecule has 20 heavy (non-hydrogen) atoms. The van der Waals surface area contributed by atoms with Crippen LogP contribution in [0.15, 0.2) is 24.3 Å². The summed E-state index contributed by atoms with van der Waals surface area (Å²) in [5.74, 6) is 0.0437. The second-order valence-electron chi connectivity index (χ2n) is 5.09. The van der Waals surface area contributed by atoms with Crippen LogP contribution >= 0.6 is 0 Å². The van der Waals surface area contributed by atoms with Crippen LogP contribution in [-0.2, 0) is 4.79 Å². The summed E-state index contributed by atoms with van der Waals surface area (Å²) in [7, 11) is 0. The molecule has 0 aliphatic carbocycles. The van der Waals surface area contributed by atoms with Gasteiger partial charge in [0.1, 0.15) is 0 Å². The van der Waals surface area contributed by atoms with E-state index in [0.717, 1.165) is 29.2 Å². The molecule has 0 spiro atoms. The zero-order valence-corrected chi connectivity index (χ0v) is 12.5. The van der Waals surface area contributed by atoms with Crippen molar-refractivity contribution in [3.8, 4) is 5.69 Å². The van der Waals surface area contributed by atoms with E-state index in [4.69, 9.17) is 0 Å². The van der Waals surface area contributed by atoms with E-state index >= 15 is 0 Å². The highest BCUT2D eigenvalue weighted by atomic mass is 16.1. The summed E-state index contributed by atoms with van der Waals surface area (Å²) in [6.07, 6.45) is 1.38. The largest absolute Gasteiger partial charge is 0.323 e. The minimum absolute atomic E-state index is 0.0437. The van der Waals surface area contributed by atoms with Crippen molar-refractivity contribution in [1.29, 1.82) is 0 Å². The molecule has 0 radical (unpaired) electrons. The summed E-state index contributed by atoms with van der Waals surface area (Å²) in [6.45, 7) is 7.94. The van der Waals surface area contributed by atoms with Gasteiger partial charge < -0.3 is 5.32 Å². The lowest BCUT2D eigenvalue weighted by atomic mass is 10.2. The first-order valence-corrected chi connectivity index (χ1v) is 6.96. The molecule has 0 fully saturated rings. The number of aromatic nitrogens is 2. The molecule has 106 valence electrons. The molecule has 2 aromatic rings. The Morgan fingerprint density at radius 2 is 1.85 bits per heavy atom. The maximum Gasteiger partial charge on any atom is 0.224 e. The van der Waals surface area contributed by atoms with Crippen molar-refractivity contribution in [3.63, 3.8) is 0 Å². The molecule has 1 aromatic carbocycles. The van der Waals surface area contributed by atoms with Gasteiger partial charge in [0.05, 0.1) is 22.8 Å². The highest BCUT2D eigenvalue weighted by molar-refractivity contribution is 5.91.